The molecule has 0 radical (unpaired) electrons. The first-order valence-corrected chi connectivity index (χ1v) is 6.89. The summed E-state index contributed by atoms with van der Waals surface area (Å²) in [6.45, 7) is 3.67. The van der Waals surface area contributed by atoms with Crippen molar-refractivity contribution < 1.29 is 0 Å². The van der Waals surface area contributed by atoms with Crippen LogP contribution in [0.2, 0.25) is 0 Å². The molecule has 88 valence electrons. The number of hydrogen-bond acceptors (Lipinski definition) is 2. The van der Waals surface area contributed by atoms with Crippen molar-refractivity contribution in [2.45, 2.75) is 57.4 Å². The number of rotatable bonds is 5. The Kier molecular flexibility index (Phi) is 4.94. The van der Waals surface area contributed by atoms with Crippen molar-refractivity contribution in [2.75, 3.05) is 19.6 Å². The van der Waals surface area contributed by atoms with Crippen LogP contribution in [0.4, 0.5) is 0 Å². The molecule has 0 aromatic carbocycles. The molecule has 1 aliphatic carbocycles. The van der Waals surface area contributed by atoms with Crippen LogP contribution in [-0.4, -0.2) is 25.7 Å². The average molecular weight is 210 g/mol. The van der Waals surface area contributed by atoms with Gasteiger partial charge < -0.3 is 10.6 Å². The van der Waals surface area contributed by atoms with E-state index in [0.717, 1.165) is 12.0 Å². The highest BCUT2D eigenvalue weighted by Gasteiger charge is 2.15. The van der Waals surface area contributed by atoms with Gasteiger partial charge in [0.2, 0.25) is 0 Å². The first-order valence-electron chi connectivity index (χ1n) is 6.89. The Labute approximate surface area is 94.2 Å². The molecule has 0 atom stereocenters. The molecule has 0 unspecified atom stereocenters. The van der Waals surface area contributed by atoms with Gasteiger partial charge >= 0.3 is 0 Å². The second-order valence-electron chi connectivity index (χ2n) is 5.27. The maximum absolute atomic E-state index is 3.71. The maximum Gasteiger partial charge on any atom is 0.00912 e. The minimum absolute atomic E-state index is 0.801. The minimum Gasteiger partial charge on any atom is -0.317 e. The highest BCUT2D eigenvalue weighted by atomic mass is 15.0. The molecule has 2 aliphatic rings. The molecule has 2 fully saturated rings. The zero-order chi connectivity index (χ0) is 10.3. The van der Waals surface area contributed by atoms with E-state index >= 15 is 0 Å². The molecule has 2 heteroatoms. The summed E-state index contributed by atoms with van der Waals surface area (Å²) in [4.78, 5) is 0. The van der Waals surface area contributed by atoms with Crippen molar-refractivity contribution in [2.24, 2.45) is 5.92 Å². The van der Waals surface area contributed by atoms with Crippen LogP contribution < -0.4 is 10.6 Å². The van der Waals surface area contributed by atoms with Gasteiger partial charge in [-0.3, -0.25) is 0 Å². The normalized spacial score (nSPS) is 24.8. The molecule has 0 bridgehead atoms. The van der Waals surface area contributed by atoms with E-state index in [1.807, 2.05) is 0 Å². The molecule has 0 aromatic rings. The van der Waals surface area contributed by atoms with Crippen molar-refractivity contribution in [1.29, 1.82) is 0 Å². The minimum atomic E-state index is 0.801. The largest absolute Gasteiger partial charge is 0.317 e. The lowest BCUT2D eigenvalue weighted by Crippen LogP contribution is -2.40. The summed E-state index contributed by atoms with van der Waals surface area (Å²) in [6.07, 6.45) is 11.5. The second-order valence-corrected chi connectivity index (χ2v) is 5.27. The van der Waals surface area contributed by atoms with Gasteiger partial charge in [0.15, 0.2) is 0 Å². The molecule has 2 N–H and O–H groups in total. The highest BCUT2D eigenvalue weighted by molar-refractivity contribution is 4.74. The Bertz CT molecular complexity index is 158. The van der Waals surface area contributed by atoms with E-state index in [0.29, 0.717) is 0 Å². The number of hydrogen-bond donors (Lipinski definition) is 2. The highest BCUT2D eigenvalue weighted by Crippen LogP contribution is 2.28. The smallest absolute Gasteiger partial charge is 0.00912 e. The molecule has 0 aromatic heterocycles. The van der Waals surface area contributed by atoms with Crippen molar-refractivity contribution in [3.05, 3.63) is 0 Å². The van der Waals surface area contributed by atoms with Crippen LogP contribution in [0.15, 0.2) is 0 Å². The monoisotopic (exact) mass is 210 g/mol. The fourth-order valence-electron chi connectivity index (χ4n) is 3.02. The van der Waals surface area contributed by atoms with Gasteiger partial charge in [-0.15, -0.1) is 0 Å². The van der Waals surface area contributed by atoms with Gasteiger partial charge in [-0.2, -0.15) is 0 Å². The van der Waals surface area contributed by atoms with E-state index < -0.39 is 0 Å². The van der Waals surface area contributed by atoms with E-state index in [1.165, 1.54) is 71.0 Å². The summed E-state index contributed by atoms with van der Waals surface area (Å²) in [5.41, 5.74) is 0. The quantitative estimate of drug-likeness (QED) is 0.680. The van der Waals surface area contributed by atoms with E-state index in [2.05, 4.69) is 10.6 Å². The molecular formula is C13H26N2. The molecular weight excluding hydrogens is 184 g/mol. The lowest BCUT2D eigenvalue weighted by Gasteiger charge is -2.24. The Morgan fingerprint density at radius 2 is 1.73 bits per heavy atom. The topological polar surface area (TPSA) is 24.1 Å². The van der Waals surface area contributed by atoms with Crippen LogP contribution in [-0.2, 0) is 0 Å². The summed E-state index contributed by atoms with van der Waals surface area (Å²) in [5, 5.41) is 7.12. The van der Waals surface area contributed by atoms with Crippen LogP contribution in [0.3, 0.4) is 0 Å². The van der Waals surface area contributed by atoms with Crippen molar-refractivity contribution in [1.82, 2.24) is 10.6 Å². The zero-order valence-corrected chi connectivity index (χ0v) is 9.93. The Balaban J connectivity index is 1.47. The average Bonchev–Trinajstić information content (AvgIpc) is 2.79. The summed E-state index contributed by atoms with van der Waals surface area (Å²) < 4.78 is 0. The van der Waals surface area contributed by atoms with Gasteiger partial charge in [0.25, 0.3) is 0 Å². The van der Waals surface area contributed by atoms with E-state index in [1.54, 1.807) is 0 Å². The predicted molar refractivity (Wildman–Crippen MR) is 65.1 cm³/mol. The van der Waals surface area contributed by atoms with E-state index in [4.69, 9.17) is 0 Å². The van der Waals surface area contributed by atoms with Crippen molar-refractivity contribution in [3.8, 4) is 0 Å². The Morgan fingerprint density at radius 3 is 2.47 bits per heavy atom. The summed E-state index contributed by atoms with van der Waals surface area (Å²) in [5.74, 6) is 1.07. The third-order valence-corrected chi connectivity index (χ3v) is 4.04. The molecule has 1 saturated carbocycles. The Hall–Kier alpha value is -0.0800. The first-order chi connectivity index (χ1) is 7.45. The molecule has 2 nitrogen and oxygen atoms in total. The first kappa shape index (κ1) is 11.4. The predicted octanol–water partition coefficient (Wildman–Crippen LogP) is 2.30. The third-order valence-electron chi connectivity index (χ3n) is 4.04. The fourth-order valence-corrected chi connectivity index (χ4v) is 3.02. The molecule has 2 rings (SSSR count). The van der Waals surface area contributed by atoms with Gasteiger partial charge in [0.05, 0.1) is 0 Å². The van der Waals surface area contributed by atoms with Gasteiger partial charge in [0.1, 0.15) is 0 Å². The lowest BCUT2D eigenvalue weighted by atomic mass is 10.0. The number of piperidine rings is 1. The molecule has 0 amide bonds. The second kappa shape index (κ2) is 6.49. The van der Waals surface area contributed by atoms with E-state index in [-0.39, 0.29) is 0 Å². The van der Waals surface area contributed by atoms with Gasteiger partial charge in [0, 0.05) is 6.04 Å². The Morgan fingerprint density at radius 1 is 1.00 bits per heavy atom. The fraction of sp³-hybridized carbons (Fsp3) is 1.00. The summed E-state index contributed by atoms with van der Waals surface area (Å²) in [7, 11) is 0. The lowest BCUT2D eigenvalue weighted by molar-refractivity contribution is 0.375. The number of nitrogens with one attached hydrogen (secondary N) is 2. The summed E-state index contributed by atoms with van der Waals surface area (Å²) >= 11 is 0. The maximum atomic E-state index is 3.71. The van der Waals surface area contributed by atoms with Crippen LogP contribution in [0.5, 0.6) is 0 Å². The van der Waals surface area contributed by atoms with Crippen LogP contribution >= 0.6 is 0 Å². The molecule has 0 spiro atoms. The van der Waals surface area contributed by atoms with Crippen LogP contribution in [0, 0.1) is 5.92 Å². The van der Waals surface area contributed by atoms with Crippen LogP contribution in [0.1, 0.15) is 51.4 Å². The summed E-state index contributed by atoms with van der Waals surface area (Å²) in [6, 6.07) is 0.801. The zero-order valence-electron chi connectivity index (χ0n) is 9.93. The van der Waals surface area contributed by atoms with Crippen LogP contribution in [0.25, 0.3) is 0 Å². The van der Waals surface area contributed by atoms with E-state index in [9.17, 15) is 0 Å². The molecule has 15 heavy (non-hydrogen) atoms. The van der Waals surface area contributed by atoms with Gasteiger partial charge in [-0.25, -0.2) is 0 Å². The van der Waals surface area contributed by atoms with Gasteiger partial charge in [-0.1, -0.05) is 25.7 Å². The SMILES string of the molecule is C1CCC(CCCNC2CCNCC2)C1. The van der Waals surface area contributed by atoms with Crippen molar-refractivity contribution >= 4 is 0 Å². The van der Waals surface area contributed by atoms with Gasteiger partial charge in [-0.05, 0) is 51.2 Å². The molecule has 1 heterocycles. The third kappa shape index (κ3) is 4.12. The molecule has 1 aliphatic heterocycles. The van der Waals surface area contributed by atoms with Crippen molar-refractivity contribution in [3.63, 3.8) is 0 Å². The molecule has 1 saturated heterocycles. The standard InChI is InChI=1S/C13H26N2/c1-2-5-12(4-1)6-3-9-15-13-7-10-14-11-8-13/h12-15H,1-11H2.